The monoisotopic (exact) mass is 385 g/mol. The zero-order chi connectivity index (χ0) is 20.5. The third-order valence-corrected chi connectivity index (χ3v) is 4.02. The first-order chi connectivity index (χ1) is 13.3. The summed E-state index contributed by atoms with van der Waals surface area (Å²) in [5.74, 6) is -0.497. The van der Waals surface area contributed by atoms with E-state index in [1.807, 2.05) is 0 Å². The van der Waals surface area contributed by atoms with Crippen LogP contribution in [0.15, 0.2) is 42.5 Å². The number of ketones is 1. The van der Waals surface area contributed by atoms with Gasteiger partial charge in [0.2, 0.25) is 5.91 Å². The minimum absolute atomic E-state index is 0.0752. The molecule has 1 aromatic carbocycles. The second-order valence-electron chi connectivity index (χ2n) is 6.29. The predicted molar refractivity (Wildman–Crippen MR) is 103 cm³/mol. The van der Waals surface area contributed by atoms with E-state index < -0.39 is 12.6 Å². The van der Waals surface area contributed by atoms with Crippen LogP contribution in [0.1, 0.15) is 28.9 Å². The number of nitrogens with zero attached hydrogens (tertiary/aromatic N) is 2. The Bertz CT molecular complexity index is 836. The number of hydrogen-bond donors (Lipinski definition) is 2. The second kappa shape index (κ2) is 10.1. The van der Waals surface area contributed by atoms with Crippen molar-refractivity contribution in [2.75, 3.05) is 25.9 Å². The molecule has 0 saturated heterocycles. The summed E-state index contributed by atoms with van der Waals surface area (Å²) < 4.78 is 5.05. The van der Waals surface area contributed by atoms with Crippen LogP contribution in [0, 0.1) is 0 Å². The maximum Gasteiger partial charge on any atom is 0.341 e. The molecular formula is C20H23N3O5. The van der Waals surface area contributed by atoms with Crippen LogP contribution in [0.4, 0.5) is 5.82 Å². The summed E-state index contributed by atoms with van der Waals surface area (Å²) in [5, 5.41) is 8.59. The highest BCUT2D eigenvalue weighted by atomic mass is 16.5. The Labute approximate surface area is 162 Å². The number of carbonyl (C=O) groups excluding carboxylic acids is 2. The molecule has 1 heterocycles. The zero-order valence-corrected chi connectivity index (χ0v) is 15.6. The van der Waals surface area contributed by atoms with E-state index in [1.54, 1.807) is 54.4 Å². The van der Waals surface area contributed by atoms with Gasteiger partial charge in [0.05, 0.1) is 6.42 Å². The summed E-state index contributed by atoms with van der Waals surface area (Å²) in [5.41, 5.74) is 6.70. The van der Waals surface area contributed by atoms with Crippen molar-refractivity contribution in [1.29, 1.82) is 0 Å². The fourth-order valence-corrected chi connectivity index (χ4v) is 2.49. The van der Waals surface area contributed by atoms with Gasteiger partial charge in [0, 0.05) is 20.0 Å². The van der Waals surface area contributed by atoms with Gasteiger partial charge in [0.25, 0.3) is 0 Å². The lowest BCUT2D eigenvalue weighted by Gasteiger charge is -2.17. The molecule has 0 radical (unpaired) electrons. The Kier molecular flexibility index (Phi) is 7.50. The van der Waals surface area contributed by atoms with Crippen molar-refractivity contribution in [3.8, 4) is 5.75 Å². The number of Topliss-reactive ketones (excluding diaryl/α,β-unsaturated/α-hetero) is 1. The lowest BCUT2D eigenvalue weighted by atomic mass is 10.1. The highest BCUT2D eigenvalue weighted by Crippen LogP contribution is 2.13. The van der Waals surface area contributed by atoms with Crippen LogP contribution in [-0.2, 0) is 16.0 Å². The van der Waals surface area contributed by atoms with E-state index in [1.165, 1.54) is 0 Å². The van der Waals surface area contributed by atoms with E-state index in [4.69, 9.17) is 15.6 Å². The number of carboxylic acid groups (broad SMARTS) is 1. The second-order valence-corrected chi connectivity index (χ2v) is 6.29. The van der Waals surface area contributed by atoms with Gasteiger partial charge in [-0.25, -0.2) is 9.78 Å². The number of likely N-dealkylation sites (N-methyl/N-ethyl adjacent to an activating group) is 1. The normalized spacial score (nSPS) is 10.3. The Balaban J connectivity index is 1.76. The standard InChI is InChI=1S/C20H23N3O5/c1-23(11-3-5-17(24)16-4-2-6-18(21)22-16)19(25)12-14-7-9-15(10-8-14)28-13-20(26)27/h2,4,6-10H,3,5,11-13H2,1H3,(H2,21,22)(H,26,27). The molecule has 0 aliphatic rings. The Morgan fingerprint density at radius 3 is 2.50 bits per heavy atom. The van der Waals surface area contributed by atoms with Crippen LogP contribution in [0.25, 0.3) is 0 Å². The lowest BCUT2D eigenvalue weighted by molar-refractivity contribution is -0.139. The molecule has 1 amide bonds. The van der Waals surface area contributed by atoms with Crippen LogP contribution in [0.2, 0.25) is 0 Å². The fraction of sp³-hybridized carbons (Fsp3) is 0.300. The first-order valence-electron chi connectivity index (χ1n) is 8.78. The topological polar surface area (TPSA) is 123 Å². The number of nitrogens with two attached hydrogens (primary N) is 1. The largest absolute Gasteiger partial charge is 0.482 e. The minimum Gasteiger partial charge on any atom is -0.482 e. The number of rotatable bonds is 10. The summed E-state index contributed by atoms with van der Waals surface area (Å²) in [7, 11) is 1.69. The van der Waals surface area contributed by atoms with Gasteiger partial charge >= 0.3 is 5.97 Å². The van der Waals surface area contributed by atoms with E-state index in [0.717, 1.165) is 5.56 Å². The Morgan fingerprint density at radius 1 is 1.14 bits per heavy atom. The third kappa shape index (κ3) is 6.71. The first kappa shape index (κ1) is 20.9. The molecule has 28 heavy (non-hydrogen) atoms. The number of aliphatic carboxylic acids is 1. The number of carboxylic acids is 1. The van der Waals surface area contributed by atoms with Gasteiger partial charge in [-0.1, -0.05) is 18.2 Å². The maximum atomic E-state index is 12.3. The summed E-state index contributed by atoms with van der Waals surface area (Å²) in [6, 6.07) is 11.6. The zero-order valence-electron chi connectivity index (χ0n) is 15.6. The van der Waals surface area contributed by atoms with Gasteiger partial charge in [0.15, 0.2) is 12.4 Å². The molecule has 8 heteroatoms. The van der Waals surface area contributed by atoms with E-state index in [0.29, 0.717) is 30.2 Å². The van der Waals surface area contributed by atoms with Crippen LogP contribution in [0.3, 0.4) is 0 Å². The molecule has 0 bridgehead atoms. The molecule has 0 spiro atoms. The Hall–Kier alpha value is -3.42. The van der Waals surface area contributed by atoms with Crippen molar-refractivity contribution in [3.05, 3.63) is 53.7 Å². The average Bonchev–Trinajstić information content (AvgIpc) is 2.67. The molecule has 0 aliphatic heterocycles. The minimum atomic E-state index is -1.05. The summed E-state index contributed by atoms with van der Waals surface area (Å²) in [4.78, 5) is 40.5. The number of aromatic nitrogens is 1. The molecule has 0 unspecified atom stereocenters. The summed E-state index contributed by atoms with van der Waals surface area (Å²) in [6.45, 7) is 0.0392. The highest BCUT2D eigenvalue weighted by Gasteiger charge is 2.12. The number of anilines is 1. The number of hydrogen-bond acceptors (Lipinski definition) is 6. The SMILES string of the molecule is CN(CCCC(=O)c1cccc(N)n1)C(=O)Cc1ccc(OCC(=O)O)cc1. The van der Waals surface area contributed by atoms with Crippen LogP contribution < -0.4 is 10.5 Å². The molecule has 0 saturated carbocycles. The molecule has 2 rings (SSSR count). The quantitative estimate of drug-likeness (QED) is 0.598. The number of ether oxygens (including phenoxy) is 1. The number of amides is 1. The van der Waals surface area contributed by atoms with Crippen molar-refractivity contribution in [1.82, 2.24) is 9.88 Å². The van der Waals surface area contributed by atoms with Crippen molar-refractivity contribution < 1.29 is 24.2 Å². The highest BCUT2D eigenvalue weighted by molar-refractivity contribution is 5.94. The van der Waals surface area contributed by atoms with Crippen LogP contribution in [-0.4, -0.2) is 52.8 Å². The maximum absolute atomic E-state index is 12.3. The van der Waals surface area contributed by atoms with E-state index in [-0.39, 0.29) is 24.5 Å². The Morgan fingerprint density at radius 2 is 1.86 bits per heavy atom. The smallest absolute Gasteiger partial charge is 0.341 e. The molecular weight excluding hydrogens is 362 g/mol. The molecule has 0 fully saturated rings. The van der Waals surface area contributed by atoms with E-state index >= 15 is 0 Å². The van der Waals surface area contributed by atoms with Gasteiger partial charge < -0.3 is 20.5 Å². The van der Waals surface area contributed by atoms with Gasteiger partial charge in [0.1, 0.15) is 17.3 Å². The predicted octanol–water partition coefficient (Wildman–Crippen LogP) is 1.79. The number of benzene rings is 1. The molecule has 148 valence electrons. The van der Waals surface area contributed by atoms with Gasteiger partial charge in [-0.05, 0) is 36.2 Å². The van der Waals surface area contributed by atoms with Gasteiger partial charge in [-0.2, -0.15) is 0 Å². The number of pyridine rings is 1. The van der Waals surface area contributed by atoms with Gasteiger partial charge in [-0.3, -0.25) is 9.59 Å². The first-order valence-corrected chi connectivity index (χ1v) is 8.78. The third-order valence-electron chi connectivity index (χ3n) is 4.02. The van der Waals surface area contributed by atoms with Crippen molar-refractivity contribution >= 4 is 23.5 Å². The lowest BCUT2D eigenvalue weighted by Crippen LogP contribution is -2.29. The molecule has 0 atom stereocenters. The average molecular weight is 385 g/mol. The van der Waals surface area contributed by atoms with Crippen molar-refractivity contribution in [2.45, 2.75) is 19.3 Å². The molecule has 3 N–H and O–H groups in total. The van der Waals surface area contributed by atoms with E-state index in [2.05, 4.69) is 4.98 Å². The molecule has 2 aromatic rings. The number of carbonyl (C=O) groups is 3. The van der Waals surface area contributed by atoms with Crippen molar-refractivity contribution in [2.24, 2.45) is 0 Å². The van der Waals surface area contributed by atoms with Gasteiger partial charge in [-0.15, -0.1) is 0 Å². The van der Waals surface area contributed by atoms with Crippen LogP contribution >= 0.6 is 0 Å². The molecule has 0 aliphatic carbocycles. The van der Waals surface area contributed by atoms with Crippen molar-refractivity contribution in [3.63, 3.8) is 0 Å². The molecule has 1 aromatic heterocycles. The molecule has 8 nitrogen and oxygen atoms in total. The van der Waals surface area contributed by atoms with Crippen LogP contribution in [0.5, 0.6) is 5.75 Å². The fourth-order valence-electron chi connectivity index (χ4n) is 2.49. The van der Waals surface area contributed by atoms with E-state index in [9.17, 15) is 14.4 Å². The summed E-state index contributed by atoms with van der Waals surface area (Å²) >= 11 is 0. The number of nitrogen functional groups attached to an aromatic ring is 1. The summed E-state index contributed by atoms with van der Waals surface area (Å²) in [6.07, 6.45) is 1.02.